The maximum Gasteiger partial charge on any atom is 0.256 e. The molecule has 0 spiro atoms. The molecule has 1 fully saturated rings. The van der Waals surface area contributed by atoms with Gasteiger partial charge in [0.05, 0.1) is 12.2 Å². The van der Waals surface area contributed by atoms with E-state index in [1.807, 2.05) is 6.92 Å². The monoisotopic (exact) mass is 265 g/mol. The molecule has 0 radical (unpaired) electrons. The number of benzene rings is 1. The van der Waals surface area contributed by atoms with Crippen molar-refractivity contribution in [2.75, 3.05) is 26.3 Å². The number of carbonyl (C=O) groups excluding carboxylic acids is 1. The molecule has 2 rings (SSSR count). The zero-order chi connectivity index (χ0) is 13.8. The van der Waals surface area contributed by atoms with Crippen molar-refractivity contribution in [2.45, 2.75) is 20.3 Å². The SMILES string of the molecule is CCN(CC1CCOC1)C(=O)c1cccc(C)c1F. The van der Waals surface area contributed by atoms with E-state index in [0.717, 1.165) is 13.0 Å². The first-order valence-corrected chi connectivity index (χ1v) is 6.75. The normalized spacial score (nSPS) is 18.6. The fourth-order valence-electron chi connectivity index (χ4n) is 2.38. The Balaban J connectivity index is 2.13. The lowest BCUT2D eigenvalue weighted by Crippen LogP contribution is -2.36. The molecule has 1 unspecified atom stereocenters. The van der Waals surface area contributed by atoms with Crippen LogP contribution in [-0.4, -0.2) is 37.1 Å². The van der Waals surface area contributed by atoms with Crippen LogP contribution in [0.4, 0.5) is 4.39 Å². The Labute approximate surface area is 113 Å². The highest BCUT2D eigenvalue weighted by atomic mass is 19.1. The summed E-state index contributed by atoms with van der Waals surface area (Å²) in [7, 11) is 0. The number of aryl methyl sites for hydroxylation is 1. The fraction of sp³-hybridized carbons (Fsp3) is 0.533. The van der Waals surface area contributed by atoms with Gasteiger partial charge in [-0.1, -0.05) is 12.1 Å². The van der Waals surface area contributed by atoms with Gasteiger partial charge in [-0.2, -0.15) is 0 Å². The first-order chi connectivity index (χ1) is 9.13. The van der Waals surface area contributed by atoms with Gasteiger partial charge in [0.1, 0.15) is 5.82 Å². The quantitative estimate of drug-likeness (QED) is 0.837. The van der Waals surface area contributed by atoms with Crippen molar-refractivity contribution in [3.63, 3.8) is 0 Å². The lowest BCUT2D eigenvalue weighted by molar-refractivity contribution is 0.0726. The molecule has 1 saturated heterocycles. The van der Waals surface area contributed by atoms with E-state index >= 15 is 0 Å². The van der Waals surface area contributed by atoms with Crippen molar-refractivity contribution >= 4 is 5.91 Å². The Morgan fingerprint density at radius 3 is 2.95 bits per heavy atom. The second-order valence-corrected chi connectivity index (χ2v) is 5.01. The molecule has 0 N–H and O–H groups in total. The van der Waals surface area contributed by atoms with Crippen molar-refractivity contribution in [3.8, 4) is 0 Å². The third-order valence-corrected chi connectivity index (χ3v) is 3.59. The topological polar surface area (TPSA) is 29.5 Å². The molecule has 0 aliphatic carbocycles. The zero-order valence-electron chi connectivity index (χ0n) is 11.5. The summed E-state index contributed by atoms with van der Waals surface area (Å²) in [6, 6.07) is 4.95. The molecule has 0 aromatic heterocycles. The lowest BCUT2D eigenvalue weighted by Gasteiger charge is -2.24. The number of rotatable bonds is 4. The second kappa shape index (κ2) is 6.15. The number of nitrogens with zero attached hydrogens (tertiary/aromatic N) is 1. The van der Waals surface area contributed by atoms with Crippen LogP contribution in [-0.2, 0) is 4.74 Å². The summed E-state index contributed by atoms with van der Waals surface area (Å²) in [5, 5.41) is 0. The molecule has 1 amide bonds. The summed E-state index contributed by atoms with van der Waals surface area (Å²) in [5.41, 5.74) is 0.673. The highest BCUT2D eigenvalue weighted by Gasteiger charge is 2.24. The number of halogens is 1. The molecule has 104 valence electrons. The van der Waals surface area contributed by atoms with Gasteiger partial charge in [0.2, 0.25) is 0 Å². The highest BCUT2D eigenvalue weighted by Crippen LogP contribution is 2.18. The van der Waals surface area contributed by atoms with Gasteiger partial charge in [-0.05, 0) is 31.9 Å². The van der Waals surface area contributed by atoms with Crippen LogP contribution in [0.3, 0.4) is 0 Å². The van der Waals surface area contributed by atoms with Crippen LogP contribution >= 0.6 is 0 Å². The number of hydrogen-bond donors (Lipinski definition) is 0. The van der Waals surface area contributed by atoms with Crippen molar-refractivity contribution in [2.24, 2.45) is 5.92 Å². The minimum Gasteiger partial charge on any atom is -0.381 e. The molecule has 1 aliphatic heterocycles. The average molecular weight is 265 g/mol. The number of hydrogen-bond acceptors (Lipinski definition) is 2. The minimum absolute atomic E-state index is 0.167. The Kier molecular flexibility index (Phi) is 4.53. The van der Waals surface area contributed by atoms with E-state index in [9.17, 15) is 9.18 Å². The van der Waals surface area contributed by atoms with E-state index in [2.05, 4.69) is 0 Å². The molecule has 1 aromatic carbocycles. The molecule has 0 saturated carbocycles. The van der Waals surface area contributed by atoms with Gasteiger partial charge in [0, 0.05) is 25.6 Å². The van der Waals surface area contributed by atoms with Crippen LogP contribution < -0.4 is 0 Å². The molecule has 3 nitrogen and oxygen atoms in total. The van der Waals surface area contributed by atoms with Crippen LogP contribution in [0.2, 0.25) is 0 Å². The van der Waals surface area contributed by atoms with Gasteiger partial charge in [0.15, 0.2) is 0 Å². The van der Waals surface area contributed by atoms with Crippen molar-refractivity contribution < 1.29 is 13.9 Å². The molecular weight excluding hydrogens is 245 g/mol. The van der Waals surface area contributed by atoms with Gasteiger partial charge >= 0.3 is 0 Å². The van der Waals surface area contributed by atoms with Gasteiger partial charge in [-0.25, -0.2) is 4.39 Å². The summed E-state index contributed by atoms with van der Waals surface area (Å²) in [6.45, 7) is 6.27. The van der Waals surface area contributed by atoms with Gasteiger partial charge < -0.3 is 9.64 Å². The highest BCUT2D eigenvalue weighted by molar-refractivity contribution is 5.94. The van der Waals surface area contributed by atoms with Crippen LogP contribution in [0.1, 0.15) is 29.3 Å². The maximum atomic E-state index is 14.0. The number of amides is 1. The average Bonchev–Trinajstić information content (AvgIpc) is 2.91. The molecular formula is C15H20FNO2. The van der Waals surface area contributed by atoms with Gasteiger partial charge in [-0.15, -0.1) is 0 Å². The largest absolute Gasteiger partial charge is 0.381 e. The smallest absolute Gasteiger partial charge is 0.256 e. The molecule has 1 atom stereocenters. The number of carbonyl (C=O) groups is 1. The Bertz CT molecular complexity index is 455. The summed E-state index contributed by atoms with van der Waals surface area (Å²) >= 11 is 0. The zero-order valence-corrected chi connectivity index (χ0v) is 11.5. The molecule has 1 heterocycles. The van der Waals surface area contributed by atoms with Crippen LogP contribution in [0, 0.1) is 18.7 Å². The van der Waals surface area contributed by atoms with Crippen molar-refractivity contribution in [3.05, 3.63) is 35.1 Å². The first-order valence-electron chi connectivity index (χ1n) is 6.75. The third-order valence-electron chi connectivity index (χ3n) is 3.59. The molecule has 19 heavy (non-hydrogen) atoms. The van der Waals surface area contributed by atoms with E-state index in [-0.39, 0.29) is 11.5 Å². The van der Waals surface area contributed by atoms with E-state index < -0.39 is 5.82 Å². The fourth-order valence-corrected chi connectivity index (χ4v) is 2.38. The summed E-state index contributed by atoms with van der Waals surface area (Å²) < 4.78 is 19.3. The van der Waals surface area contributed by atoms with Gasteiger partial charge in [0.25, 0.3) is 5.91 Å². The van der Waals surface area contributed by atoms with E-state index in [0.29, 0.717) is 31.2 Å². The standard InChI is InChI=1S/C15H20FNO2/c1-3-17(9-12-7-8-19-10-12)15(18)13-6-4-5-11(2)14(13)16/h4-6,12H,3,7-10H2,1-2H3. The maximum absolute atomic E-state index is 14.0. The Morgan fingerprint density at radius 2 is 2.32 bits per heavy atom. The third kappa shape index (κ3) is 3.13. The molecule has 1 aromatic rings. The molecule has 1 aliphatic rings. The Hall–Kier alpha value is -1.42. The van der Waals surface area contributed by atoms with E-state index in [1.54, 1.807) is 30.0 Å². The number of ether oxygens (including phenoxy) is 1. The van der Waals surface area contributed by atoms with Crippen LogP contribution in [0.25, 0.3) is 0 Å². The summed E-state index contributed by atoms with van der Waals surface area (Å²) in [6.07, 6.45) is 0.972. The van der Waals surface area contributed by atoms with Crippen molar-refractivity contribution in [1.29, 1.82) is 0 Å². The predicted octanol–water partition coefficient (Wildman–Crippen LogP) is 2.63. The van der Waals surface area contributed by atoms with Gasteiger partial charge in [-0.3, -0.25) is 4.79 Å². The second-order valence-electron chi connectivity index (χ2n) is 5.01. The van der Waals surface area contributed by atoms with E-state index in [4.69, 9.17) is 4.74 Å². The minimum atomic E-state index is -0.409. The first kappa shape index (κ1) is 14.0. The van der Waals surface area contributed by atoms with E-state index in [1.165, 1.54) is 0 Å². The molecule has 0 bridgehead atoms. The lowest BCUT2D eigenvalue weighted by atomic mass is 10.1. The van der Waals surface area contributed by atoms with Crippen LogP contribution in [0.15, 0.2) is 18.2 Å². The Morgan fingerprint density at radius 1 is 1.53 bits per heavy atom. The molecule has 4 heteroatoms. The van der Waals surface area contributed by atoms with Crippen LogP contribution in [0.5, 0.6) is 0 Å². The summed E-state index contributed by atoms with van der Waals surface area (Å²) in [5.74, 6) is -0.263. The summed E-state index contributed by atoms with van der Waals surface area (Å²) in [4.78, 5) is 14.1. The predicted molar refractivity (Wildman–Crippen MR) is 71.6 cm³/mol. The van der Waals surface area contributed by atoms with Crippen molar-refractivity contribution in [1.82, 2.24) is 4.90 Å².